The molecule has 1 N–H and O–H groups in total. The molecule has 1 aliphatic rings. The average molecular weight is 262 g/mol. The molecule has 0 amide bonds. The zero-order valence-corrected chi connectivity index (χ0v) is 12.9. The SMILES string of the molecule is CCCCC(CC)Cn1cc2c(c1)C(NC)CCC2. The molecule has 0 fully saturated rings. The maximum absolute atomic E-state index is 3.46. The van der Waals surface area contributed by atoms with Gasteiger partial charge in [0.2, 0.25) is 0 Å². The van der Waals surface area contributed by atoms with Gasteiger partial charge in [0, 0.05) is 25.0 Å². The predicted molar refractivity (Wildman–Crippen MR) is 82.5 cm³/mol. The van der Waals surface area contributed by atoms with Crippen LogP contribution in [0.5, 0.6) is 0 Å². The second-order valence-electron chi connectivity index (χ2n) is 6.09. The minimum atomic E-state index is 0.584. The number of nitrogens with one attached hydrogen (secondary N) is 1. The molecule has 1 heterocycles. The lowest BCUT2D eigenvalue weighted by Gasteiger charge is -2.21. The Morgan fingerprint density at radius 1 is 1.37 bits per heavy atom. The summed E-state index contributed by atoms with van der Waals surface area (Å²) in [7, 11) is 2.09. The van der Waals surface area contributed by atoms with Gasteiger partial charge in [-0.05, 0) is 49.8 Å². The van der Waals surface area contributed by atoms with E-state index in [1.165, 1.54) is 51.5 Å². The van der Waals surface area contributed by atoms with Crippen molar-refractivity contribution in [1.29, 1.82) is 0 Å². The van der Waals surface area contributed by atoms with Crippen LogP contribution in [0, 0.1) is 5.92 Å². The van der Waals surface area contributed by atoms with E-state index in [0.29, 0.717) is 6.04 Å². The number of rotatable bonds is 7. The van der Waals surface area contributed by atoms with Gasteiger partial charge in [0.1, 0.15) is 0 Å². The molecule has 0 aliphatic heterocycles. The molecule has 2 atom stereocenters. The van der Waals surface area contributed by atoms with Crippen molar-refractivity contribution in [2.75, 3.05) is 7.05 Å². The minimum Gasteiger partial charge on any atom is -0.353 e. The fourth-order valence-electron chi connectivity index (χ4n) is 3.37. The molecule has 0 bridgehead atoms. The Hall–Kier alpha value is -0.760. The van der Waals surface area contributed by atoms with Gasteiger partial charge in [0.05, 0.1) is 0 Å². The molecule has 2 rings (SSSR count). The number of fused-ring (bicyclic) bond motifs is 1. The van der Waals surface area contributed by atoms with Crippen LogP contribution in [0.3, 0.4) is 0 Å². The molecule has 0 radical (unpaired) electrons. The molecule has 0 saturated heterocycles. The first-order chi connectivity index (χ1) is 9.28. The molecule has 0 aromatic carbocycles. The summed E-state index contributed by atoms with van der Waals surface area (Å²) >= 11 is 0. The summed E-state index contributed by atoms with van der Waals surface area (Å²) in [6.45, 7) is 5.83. The van der Waals surface area contributed by atoms with Gasteiger partial charge in [-0.25, -0.2) is 0 Å². The average Bonchev–Trinajstić information content (AvgIpc) is 2.85. The zero-order valence-electron chi connectivity index (χ0n) is 12.9. The van der Waals surface area contributed by atoms with E-state index < -0.39 is 0 Å². The molecule has 1 aromatic rings. The first-order valence-corrected chi connectivity index (χ1v) is 8.14. The number of aromatic nitrogens is 1. The quantitative estimate of drug-likeness (QED) is 0.775. The van der Waals surface area contributed by atoms with Gasteiger partial charge in [-0.2, -0.15) is 0 Å². The molecule has 2 heteroatoms. The summed E-state index contributed by atoms with van der Waals surface area (Å²) in [5, 5.41) is 3.46. The van der Waals surface area contributed by atoms with Crippen molar-refractivity contribution in [3.05, 3.63) is 23.5 Å². The van der Waals surface area contributed by atoms with Gasteiger partial charge < -0.3 is 9.88 Å². The van der Waals surface area contributed by atoms with Crippen LogP contribution in [0.1, 0.15) is 69.5 Å². The van der Waals surface area contributed by atoms with Crippen molar-refractivity contribution < 1.29 is 0 Å². The van der Waals surface area contributed by atoms with Crippen molar-refractivity contribution in [3.8, 4) is 0 Å². The highest BCUT2D eigenvalue weighted by Gasteiger charge is 2.21. The number of hydrogen-bond donors (Lipinski definition) is 1. The van der Waals surface area contributed by atoms with E-state index >= 15 is 0 Å². The van der Waals surface area contributed by atoms with Gasteiger partial charge in [0.25, 0.3) is 0 Å². The standard InChI is InChI=1S/C17H30N2/c1-4-6-8-14(5-2)11-19-12-15-9-7-10-17(18-3)16(15)13-19/h12-14,17-18H,4-11H2,1-3H3. The largest absolute Gasteiger partial charge is 0.353 e. The lowest BCUT2D eigenvalue weighted by Crippen LogP contribution is -2.20. The fraction of sp³-hybridized carbons (Fsp3) is 0.765. The lowest BCUT2D eigenvalue weighted by atomic mass is 9.91. The predicted octanol–water partition coefficient (Wildman–Crippen LogP) is 4.30. The van der Waals surface area contributed by atoms with Crippen molar-refractivity contribution in [2.45, 2.75) is 71.4 Å². The van der Waals surface area contributed by atoms with Crippen molar-refractivity contribution >= 4 is 0 Å². The van der Waals surface area contributed by atoms with Gasteiger partial charge in [-0.15, -0.1) is 0 Å². The van der Waals surface area contributed by atoms with Gasteiger partial charge in [-0.3, -0.25) is 0 Å². The van der Waals surface area contributed by atoms with E-state index in [9.17, 15) is 0 Å². The molecule has 108 valence electrons. The number of aryl methyl sites for hydroxylation is 1. The zero-order chi connectivity index (χ0) is 13.7. The third-order valence-electron chi connectivity index (χ3n) is 4.67. The first kappa shape index (κ1) is 14.6. The molecule has 19 heavy (non-hydrogen) atoms. The van der Waals surface area contributed by atoms with Crippen LogP contribution in [0.4, 0.5) is 0 Å². The summed E-state index contributed by atoms with van der Waals surface area (Å²) in [6.07, 6.45) is 14.1. The third-order valence-corrected chi connectivity index (χ3v) is 4.67. The maximum atomic E-state index is 3.46. The second-order valence-corrected chi connectivity index (χ2v) is 6.09. The molecular formula is C17H30N2. The van der Waals surface area contributed by atoms with Gasteiger partial charge >= 0.3 is 0 Å². The normalized spacial score (nSPS) is 20.3. The number of nitrogens with zero attached hydrogens (tertiary/aromatic N) is 1. The number of unbranched alkanes of at least 4 members (excludes halogenated alkanes) is 1. The Kier molecular flexibility index (Phi) is 5.50. The van der Waals surface area contributed by atoms with E-state index in [1.807, 2.05) is 0 Å². The Morgan fingerprint density at radius 3 is 2.89 bits per heavy atom. The van der Waals surface area contributed by atoms with Crippen LogP contribution in [-0.2, 0) is 13.0 Å². The molecular weight excluding hydrogens is 232 g/mol. The second kappa shape index (κ2) is 7.14. The Bertz CT molecular complexity index is 381. The summed E-state index contributed by atoms with van der Waals surface area (Å²) in [5.41, 5.74) is 3.13. The van der Waals surface area contributed by atoms with E-state index in [2.05, 4.69) is 43.2 Å². The minimum absolute atomic E-state index is 0.584. The Labute approximate surface area is 118 Å². The third kappa shape index (κ3) is 3.62. The topological polar surface area (TPSA) is 17.0 Å². The Balaban J connectivity index is 2.03. The van der Waals surface area contributed by atoms with Crippen LogP contribution >= 0.6 is 0 Å². The van der Waals surface area contributed by atoms with E-state index in [1.54, 1.807) is 11.1 Å². The number of hydrogen-bond acceptors (Lipinski definition) is 1. The summed E-state index contributed by atoms with van der Waals surface area (Å²) < 4.78 is 2.46. The lowest BCUT2D eigenvalue weighted by molar-refractivity contribution is 0.391. The van der Waals surface area contributed by atoms with E-state index in [4.69, 9.17) is 0 Å². The molecule has 1 aromatic heterocycles. The summed E-state index contributed by atoms with van der Waals surface area (Å²) in [6, 6.07) is 0.584. The van der Waals surface area contributed by atoms with Crippen LogP contribution in [0.2, 0.25) is 0 Å². The highest BCUT2D eigenvalue weighted by Crippen LogP contribution is 2.30. The van der Waals surface area contributed by atoms with Crippen LogP contribution in [-0.4, -0.2) is 11.6 Å². The first-order valence-electron chi connectivity index (χ1n) is 8.14. The highest BCUT2D eigenvalue weighted by atomic mass is 15.0. The van der Waals surface area contributed by atoms with Crippen LogP contribution < -0.4 is 5.32 Å². The molecule has 2 nitrogen and oxygen atoms in total. The maximum Gasteiger partial charge on any atom is 0.0335 e. The Morgan fingerprint density at radius 2 is 2.21 bits per heavy atom. The van der Waals surface area contributed by atoms with E-state index in [-0.39, 0.29) is 0 Å². The van der Waals surface area contributed by atoms with Crippen LogP contribution in [0.15, 0.2) is 12.4 Å². The summed E-state index contributed by atoms with van der Waals surface area (Å²) in [5.74, 6) is 0.849. The molecule has 0 spiro atoms. The van der Waals surface area contributed by atoms with E-state index in [0.717, 1.165) is 5.92 Å². The van der Waals surface area contributed by atoms with Crippen molar-refractivity contribution in [2.24, 2.45) is 5.92 Å². The van der Waals surface area contributed by atoms with Crippen LogP contribution in [0.25, 0.3) is 0 Å². The van der Waals surface area contributed by atoms with Crippen molar-refractivity contribution in [1.82, 2.24) is 9.88 Å². The van der Waals surface area contributed by atoms with Gasteiger partial charge in [0.15, 0.2) is 0 Å². The highest BCUT2D eigenvalue weighted by molar-refractivity contribution is 5.30. The molecule has 1 aliphatic carbocycles. The fourth-order valence-corrected chi connectivity index (χ4v) is 3.37. The van der Waals surface area contributed by atoms with Gasteiger partial charge in [-0.1, -0.05) is 33.1 Å². The molecule has 2 unspecified atom stereocenters. The smallest absolute Gasteiger partial charge is 0.0335 e. The monoisotopic (exact) mass is 262 g/mol. The molecule has 0 saturated carbocycles. The summed E-state index contributed by atoms with van der Waals surface area (Å²) in [4.78, 5) is 0. The van der Waals surface area contributed by atoms with Crippen molar-refractivity contribution in [3.63, 3.8) is 0 Å².